The zero-order chi connectivity index (χ0) is 53.7. The second-order valence-corrected chi connectivity index (χ2v) is 19.1. The number of aliphatic carboxylic acids is 1. The molecule has 0 bridgehead atoms. The SMILES string of the molecule is NC(N)=[NH+]CCC[C@H](NC(=O)[C@@H]([NH3+])CCCC[NH3+])C(=O)N1CCC[C@H]1C(=O)N1CCC[C@H]1C(=O)NCC(=O)N[C@@H](Cc1ccccc1)C(=O)N[C@@H](CO)C(=O)N1CCC[C@H]1C(=O)N[C@@H](Cc1ccccc1)C(=O)O. The van der Waals surface area contributed by atoms with Crippen LogP contribution in [-0.4, -0.2) is 178 Å². The number of hydrogen-bond donors (Lipinski definition) is 12. The van der Waals surface area contributed by atoms with E-state index in [1.165, 1.54) is 14.7 Å². The molecule has 0 aromatic heterocycles. The quantitative estimate of drug-likeness (QED) is 0.0226. The van der Waals surface area contributed by atoms with E-state index in [0.717, 1.165) is 19.4 Å². The number of benzene rings is 2. The first-order valence-electron chi connectivity index (χ1n) is 25.6. The Morgan fingerprint density at radius 2 is 1.18 bits per heavy atom. The number of quaternary nitrogens is 2. The van der Waals surface area contributed by atoms with Crippen LogP contribution in [0.25, 0.3) is 0 Å². The van der Waals surface area contributed by atoms with Gasteiger partial charge in [-0.05, 0) is 75.3 Å². The number of likely N-dealkylation sites (tertiary alicyclic amines) is 3. The molecule has 24 heteroatoms. The fraction of sp³-hybridized carbons (Fsp3) is 0.560. The van der Waals surface area contributed by atoms with E-state index in [2.05, 4.69) is 43.0 Å². The molecule has 3 heterocycles. The van der Waals surface area contributed by atoms with Gasteiger partial charge in [-0.2, -0.15) is 0 Å². The number of guanidine groups is 1. The van der Waals surface area contributed by atoms with Crippen molar-refractivity contribution < 1.29 is 69.8 Å². The van der Waals surface area contributed by atoms with Crippen molar-refractivity contribution in [1.29, 1.82) is 0 Å². The summed E-state index contributed by atoms with van der Waals surface area (Å²) in [6, 6.07) is 8.78. The first-order valence-corrected chi connectivity index (χ1v) is 25.6. The van der Waals surface area contributed by atoms with Gasteiger partial charge in [0.25, 0.3) is 5.91 Å². The molecule has 0 unspecified atom stereocenters. The minimum absolute atomic E-state index is 0.00433. The summed E-state index contributed by atoms with van der Waals surface area (Å²) in [4.78, 5) is 129. The van der Waals surface area contributed by atoms with E-state index in [0.29, 0.717) is 56.2 Å². The third kappa shape index (κ3) is 16.7. The number of nitrogens with two attached hydrogens (primary N) is 2. The molecule has 0 aliphatic carbocycles. The maximum atomic E-state index is 14.3. The van der Waals surface area contributed by atoms with E-state index in [1.54, 1.807) is 60.7 Å². The van der Waals surface area contributed by atoms with Crippen LogP contribution in [-0.2, 0) is 56.0 Å². The summed E-state index contributed by atoms with van der Waals surface area (Å²) in [5, 5.41) is 33.4. The Bertz CT molecular complexity index is 2290. The molecule has 18 N–H and O–H groups in total. The van der Waals surface area contributed by atoms with Gasteiger partial charge >= 0.3 is 11.9 Å². The largest absolute Gasteiger partial charge is 0.480 e. The zero-order valence-electron chi connectivity index (χ0n) is 42.0. The number of carboxylic acids is 1. The van der Waals surface area contributed by atoms with Crippen LogP contribution in [0.2, 0.25) is 0 Å². The van der Waals surface area contributed by atoms with E-state index >= 15 is 0 Å². The summed E-state index contributed by atoms with van der Waals surface area (Å²) in [7, 11) is 0. The molecular formula is C50H76N13O11+3. The normalized spacial score (nSPS) is 19.3. The highest BCUT2D eigenvalue weighted by atomic mass is 16.4. The van der Waals surface area contributed by atoms with Crippen LogP contribution in [0, 0.1) is 0 Å². The molecule has 8 atom stereocenters. The number of nitrogens with one attached hydrogen (secondary N) is 6. The maximum Gasteiger partial charge on any atom is 0.338 e. The van der Waals surface area contributed by atoms with Gasteiger partial charge in [-0.15, -0.1) is 0 Å². The number of rotatable bonds is 27. The minimum Gasteiger partial charge on any atom is -0.480 e. The number of hydrogen-bond acceptors (Lipinski definition) is 10. The molecule has 5 rings (SSSR count). The third-order valence-corrected chi connectivity index (χ3v) is 13.6. The van der Waals surface area contributed by atoms with Crippen LogP contribution in [0.3, 0.4) is 0 Å². The lowest BCUT2D eigenvalue weighted by molar-refractivity contribution is -0.459. The summed E-state index contributed by atoms with van der Waals surface area (Å²) in [5.74, 6) is -6.20. The van der Waals surface area contributed by atoms with Gasteiger partial charge < -0.3 is 63.0 Å². The highest BCUT2D eigenvalue weighted by molar-refractivity contribution is 5.98. The van der Waals surface area contributed by atoms with Crippen LogP contribution in [0.5, 0.6) is 0 Å². The van der Waals surface area contributed by atoms with Gasteiger partial charge in [0.1, 0.15) is 42.3 Å². The van der Waals surface area contributed by atoms with Crippen molar-refractivity contribution in [2.45, 2.75) is 132 Å². The van der Waals surface area contributed by atoms with E-state index in [-0.39, 0.29) is 63.6 Å². The highest BCUT2D eigenvalue weighted by Crippen LogP contribution is 2.26. The summed E-state index contributed by atoms with van der Waals surface area (Å²) >= 11 is 0. The second-order valence-electron chi connectivity index (χ2n) is 19.1. The van der Waals surface area contributed by atoms with Gasteiger partial charge in [0.15, 0.2) is 6.04 Å². The Morgan fingerprint density at radius 3 is 1.76 bits per heavy atom. The number of carbonyl (C=O) groups is 9. The summed E-state index contributed by atoms with van der Waals surface area (Å²) in [6.45, 7) is 0.203. The van der Waals surface area contributed by atoms with Gasteiger partial charge in [-0.3, -0.25) is 54.8 Å². The Labute approximate surface area is 430 Å². The lowest BCUT2D eigenvalue weighted by Gasteiger charge is -2.33. The first-order chi connectivity index (χ1) is 35.5. The molecule has 3 saturated heterocycles. The summed E-state index contributed by atoms with van der Waals surface area (Å²) < 4.78 is 0. The fourth-order valence-electron chi connectivity index (χ4n) is 9.63. The molecule has 404 valence electrons. The molecule has 2 aromatic carbocycles. The monoisotopic (exact) mass is 1030 g/mol. The number of unbranched alkanes of at least 4 members (excludes halogenated alkanes) is 1. The van der Waals surface area contributed by atoms with Crippen molar-refractivity contribution >= 4 is 59.2 Å². The average Bonchev–Trinajstić information content (AvgIpc) is 4.20. The third-order valence-electron chi connectivity index (χ3n) is 13.6. The predicted molar refractivity (Wildman–Crippen MR) is 267 cm³/mol. The number of carboxylic acid groups (broad SMARTS) is 1. The highest BCUT2D eigenvalue weighted by Gasteiger charge is 2.44. The van der Waals surface area contributed by atoms with Crippen molar-refractivity contribution in [3.05, 3.63) is 71.8 Å². The second kappa shape index (κ2) is 28.9. The molecular weight excluding hydrogens is 959 g/mol. The van der Waals surface area contributed by atoms with Crippen LogP contribution in [0.15, 0.2) is 60.7 Å². The van der Waals surface area contributed by atoms with E-state index in [4.69, 9.17) is 11.5 Å². The van der Waals surface area contributed by atoms with E-state index in [1.807, 2.05) is 0 Å². The molecule has 74 heavy (non-hydrogen) atoms. The van der Waals surface area contributed by atoms with Crippen LogP contribution in [0.1, 0.15) is 81.8 Å². The molecule has 3 aliphatic heterocycles. The van der Waals surface area contributed by atoms with E-state index < -0.39 is 109 Å². The van der Waals surface area contributed by atoms with Crippen molar-refractivity contribution in [2.24, 2.45) is 11.5 Å². The molecule has 0 spiro atoms. The van der Waals surface area contributed by atoms with Gasteiger partial charge in [0.2, 0.25) is 41.4 Å². The van der Waals surface area contributed by atoms with Gasteiger partial charge in [0.05, 0.1) is 26.2 Å². The van der Waals surface area contributed by atoms with E-state index in [9.17, 15) is 53.4 Å². The standard InChI is InChI=1S/C50H73N13O11/c51-22-8-7-17-33(52)42(66)58-34(18-9-23-55-50(53)54)46(70)63-26-12-21-40(63)48(72)62-25-10-19-38(62)44(68)56-29-41(65)57-35(27-31-13-3-1-4-14-31)43(67)60-37(30-64)47(71)61-24-11-20-39(61)45(69)59-36(49(73)74)28-32-15-5-2-6-16-32/h1-6,13-16,33-40,64H,7-12,17-30,51-52H2,(H,56,68)(H,57,65)(H,58,66)(H,59,69)(H,60,67)(H,73,74)(H4,53,54,55)/p+3/t33-,34-,35-,36-,37-,38-,39-,40-/m0/s1. The van der Waals surface area contributed by atoms with Crippen molar-refractivity contribution in [1.82, 2.24) is 41.3 Å². The maximum absolute atomic E-state index is 14.3. The van der Waals surface area contributed by atoms with Crippen LogP contribution in [0.4, 0.5) is 0 Å². The Balaban J connectivity index is 1.20. The smallest absolute Gasteiger partial charge is 0.338 e. The van der Waals surface area contributed by atoms with Crippen molar-refractivity contribution in [2.75, 3.05) is 45.9 Å². The predicted octanol–water partition coefficient (Wildman–Crippen LogP) is -6.27. The number of nitrogens with zero attached hydrogens (tertiary/aromatic N) is 3. The van der Waals surface area contributed by atoms with Gasteiger partial charge in [-0.25, -0.2) is 4.79 Å². The lowest BCUT2D eigenvalue weighted by Crippen LogP contribution is -2.78. The number of aliphatic hydroxyl groups is 1. The molecule has 3 fully saturated rings. The first kappa shape index (κ1) is 57.7. The van der Waals surface area contributed by atoms with Crippen molar-refractivity contribution in [3.8, 4) is 0 Å². The van der Waals surface area contributed by atoms with Gasteiger partial charge in [0, 0.05) is 38.9 Å². The Morgan fingerprint density at radius 1 is 0.635 bits per heavy atom. The average molecular weight is 1040 g/mol. The molecule has 0 radical (unpaired) electrons. The molecule has 0 saturated carbocycles. The minimum atomic E-state index is -1.54. The number of amides is 8. The summed E-state index contributed by atoms with van der Waals surface area (Å²) in [6.07, 6.45) is 4.94. The summed E-state index contributed by atoms with van der Waals surface area (Å²) in [5.41, 5.74) is 20.2. The molecule has 2 aromatic rings. The Hall–Kier alpha value is -7.18. The van der Waals surface area contributed by atoms with Crippen LogP contribution < -0.4 is 54.5 Å². The zero-order valence-corrected chi connectivity index (χ0v) is 42.0. The van der Waals surface area contributed by atoms with Crippen molar-refractivity contribution in [3.63, 3.8) is 0 Å². The van der Waals surface area contributed by atoms with Crippen LogP contribution >= 0.6 is 0 Å². The van der Waals surface area contributed by atoms with Gasteiger partial charge in [-0.1, -0.05) is 60.7 Å². The Kier molecular flexibility index (Phi) is 22.5. The number of aliphatic hydroxyl groups excluding tert-OH is 1. The topological polar surface area (TPSA) is 385 Å². The molecule has 24 nitrogen and oxygen atoms in total. The molecule has 3 aliphatic rings. The molecule has 8 amide bonds. The lowest BCUT2D eigenvalue weighted by atomic mass is 10.0. The number of carbonyl (C=O) groups excluding carboxylic acids is 8. The fourth-order valence-corrected chi connectivity index (χ4v) is 9.63.